The predicted molar refractivity (Wildman–Crippen MR) is 87.7 cm³/mol. The zero-order valence-electron chi connectivity index (χ0n) is 14.7. The highest BCUT2D eigenvalue weighted by atomic mass is 16.6. The molecule has 0 aromatic carbocycles. The van der Waals surface area contributed by atoms with E-state index in [1.54, 1.807) is 0 Å². The van der Waals surface area contributed by atoms with Crippen LogP contribution < -0.4 is 0 Å². The molecule has 0 aliphatic carbocycles. The molecule has 1 aliphatic heterocycles. The normalized spacial score (nSPS) is 18.2. The van der Waals surface area contributed by atoms with E-state index in [1.807, 2.05) is 20.8 Å². The molecule has 0 aromatic heterocycles. The average Bonchev–Trinajstić information content (AvgIpc) is 2.45. The Labute approximate surface area is 135 Å². The van der Waals surface area contributed by atoms with Gasteiger partial charge in [-0.2, -0.15) is 0 Å². The first-order valence-corrected chi connectivity index (χ1v) is 8.82. The van der Waals surface area contributed by atoms with Gasteiger partial charge in [-0.3, -0.25) is 4.79 Å². The van der Waals surface area contributed by atoms with Crippen molar-refractivity contribution in [2.24, 2.45) is 5.41 Å². The van der Waals surface area contributed by atoms with Crippen LogP contribution in [-0.4, -0.2) is 36.5 Å². The SMILES string of the molecule is CC(C)(C)OC(=O)C1(CCCCCCCCO)CCOCC1. The second-order valence-corrected chi connectivity index (χ2v) is 7.49. The molecule has 0 radical (unpaired) electrons. The number of aliphatic hydroxyl groups excluding tert-OH is 1. The van der Waals surface area contributed by atoms with E-state index >= 15 is 0 Å². The molecule has 1 aliphatic rings. The first-order chi connectivity index (χ1) is 10.4. The number of rotatable bonds is 9. The van der Waals surface area contributed by atoms with Crippen LogP contribution in [0.15, 0.2) is 0 Å². The minimum absolute atomic E-state index is 0.0384. The number of carbonyl (C=O) groups excluding carboxylic acids is 1. The summed E-state index contributed by atoms with van der Waals surface area (Å²) in [5, 5.41) is 8.76. The summed E-state index contributed by atoms with van der Waals surface area (Å²) in [5.41, 5.74) is -0.761. The zero-order chi connectivity index (χ0) is 16.5. The lowest BCUT2D eigenvalue weighted by Gasteiger charge is -2.37. The van der Waals surface area contributed by atoms with Crippen molar-refractivity contribution in [2.45, 2.75) is 84.2 Å². The second-order valence-electron chi connectivity index (χ2n) is 7.49. The van der Waals surface area contributed by atoms with E-state index in [9.17, 15) is 4.79 Å². The van der Waals surface area contributed by atoms with Crippen molar-refractivity contribution in [1.29, 1.82) is 0 Å². The van der Waals surface area contributed by atoms with Crippen molar-refractivity contribution < 1.29 is 19.4 Å². The molecule has 4 heteroatoms. The molecule has 1 fully saturated rings. The molecule has 22 heavy (non-hydrogen) atoms. The third-order valence-electron chi connectivity index (χ3n) is 4.35. The van der Waals surface area contributed by atoms with Gasteiger partial charge in [0.25, 0.3) is 0 Å². The second kappa shape index (κ2) is 9.51. The van der Waals surface area contributed by atoms with Crippen molar-refractivity contribution >= 4 is 5.97 Å². The van der Waals surface area contributed by atoms with Gasteiger partial charge < -0.3 is 14.6 Å². The molecule has 0 bridgehead atoms. The van der Waals surface area contributed by atoms with Crippen LogP contribution in [0.3, 0.4) is 0 Å². The van der Waals surface area contributed by atoms with E-state index in [2.05, 4.69) is 0 Å². The molecule has 0 atom stereocenters. The predicted octanol–water partition coefficient (Wildman–Crippen LogP) is 3.85. The minimum Gasteiger partial charge on any atom is -0.460 e. The fourth-order valence-corrected chi connectivity index (χ4v) is 2.99. The smallest absolute Gasteiger partial charge is 0.312 e. The van der Waals surface area contributed by atoms with Gasteiger partial charge >= 0.3 is 5.97 Å². The van der Waals surface area contributed by atoms with Gasteiger partial charge in [-0.05, 0) is 46.5 Å². The Morgan fingerprint density at radius 1 is 1.05 bits per heavy atom. The number of aliphatic hydroxyl groups is 1. The van der Waals surface area contributed by atoms with Crippen LogP contribution in [0.25, 0.3) is 0 Å². The number of hydrogen-bond acceptors (Lipinski definition) is 4. The van der Waals surface area contributed by atoms with Crippen LogP contribution in [0.2, 0.25) is 0 Å². The highest BCUT2D eigenvalue weighted by Gasteiger charge is 2.42. The minimum atomic E-state index is -0.424. The van der Waals surface area contributed by atoms with E-state index in [0.717, 1.165) is 44.9 Å². The molecular formula is C18H34O4. The maximum atomic E-state index is 12.6. The van der Waals surface area contributed by atoms with Gasteiger partial charge in [-0.15, -0.1) is 0 Å². The summed E-state index contributed by atoms with van der Waals surface area (Å²) in [7, 11) is 0. The van der Waals surface area contributed by atoms with Crippen LogP contribution in [0.5, 0.6) is 0 Å². The largest absolute Gasteiger partial charge is 0.460 e. The van der Waals surface area contributed by atoms with Crippen LogP contribution in [0.4, 0.5) is 0 Å². The highest BCUT2D eigenvalue weighted by molar-refractivity contribution is 5.77. The van der Waals surface area contributed by atoms with Crippen molar-refractivity contribution in [1.82, 2.24) is 0 Å². The maximum absolute atomic E-state index is 12.6. The van der Waals surface area contributed by atoms with Crippen LogP contribution in [-0.2, 0) is 14.3 Å². The van der Waals surface area contributed by atoms with Gasteiger partial charge in [0.15, 0.2) is 0 Å². The number of carbonyl (C=O) groups is 1. The number of esters is 1. The third-order valence-corrected chi connectivity index (χ3v) is 4.35. The summed E-state index contributed by atoms with van der Waals surface area (Å²) in [4.78, 5) is 12.6. The van der Waals surface area contributed by atoms with Crippen LogP contribution in [0.1, 0.15) is 78.6 Å². The molecular weight excluding hydrogens is 280 g/mol. The van der Waals surface area contributed by atoms with Gasteiger partial charge in [-0.25, -0.2) is 0 Å². The molecule has 1 saturated heterocycles. The zero-order valence-corrected chi connectivity index (χ0v) is 14.7. The lowest BCUT2D eigenvalue weighted by molar-refractivity contribution is -0.174. The Morgan fingerprint density at radius 2 is 1.59 bits per heavy atom. The summed E-state index contributed by atoms with van der Waals surface area (Å²) in [6.45, 7) is 7.41. The Morgan fingerprint density at radius 3 is 2.14 bits per heavy atom. The Kier molecular flexibility index (Phi) is 8.40. The van der Waals surface area contributed by atoms with E-state index in [0.29, 0.717) is 19.8 Å². The Hall–Kier alpha value is -0.610. The summed E-state index contributed by atoms with van der Waals surface area (Å²) < 4.78 is 11.1. The average molecular weight is 314 g/mol. The number of unbranched alkanes of at least 4 members (excludes halogenated alkanes) is 5. The van der Waals surface area contributed by atoms with Gasteiger partial charge in [0.2, 0.25) is 0 Å². The first-order valence-electron chi connectivity index (χ1n) is 8.82. The first kappa shape index (κ1) is 19.4. The quantitative estimate of drug-likeness (QED) is 0.519. The Balaban J connectivity index is 2.41. The maximum Gasteiger partial charge on any atom is 0.312 e. The summed E-state index contributed by atoms with van der Waals surface area (Å²) in [6, 6.07) is 0. The van der Waals surface area contributed by atoms with Gasteiger partial charge in [0.05, 0.1) is 5.41 Å². The number of hydrogen-bond donors (Lipinski definition) is 1. The van der Waals surface area contributed by atoms with Crippen molar-refractivity contribution in [3.63, 3.8) is 0 Å². The number of ether oxygens (including phenoxy) is 2. The fraction of sp³-hybridized carbons (Fsp3) is 0.944. The topological polar surface area (TPSA) is 55.8 Å². The van der Waals surface area contributed by atoms with E-state index in [-0.39, 0.29) is 11.4 Å². The van der Waals surface area contributed by atoms with Crippen molar-refractivity contribution in [3.8, 4) is 0 Å². The van der Waals surface area contributed by atoms with Gasteiger partial charge in [0, 0.05) is 19.8 Å². The summed E-state index contributed by atoms with van der Waals surface area (Å²) in [5.74, 6) is -0.0384. The highest BCUT2D eigenvalue weighted by Crippen LogP contribution is 2.38. The Bertz CT molecular complexity index is 314. The molecule has 1 rings (SSSR count). The van der Waals surface area contributed by atoms with Gasteiger partial charge in [0.1, 0.15) is 5.60 Å². The molecule has 130 valence electrons. The summed E-state index contributed by atoms with van der Waals surface area (Å²) >= 11 is 0. The molecule has 1 heterocycles. The molecule has 0 aromatic rings. The van der Waals surface area contributed by atoms with Crippen molar-refractivity contribution in [3.05, 3.63) is 0 Å². The fourth-order valence-electron chi connectivity index (χ4n) is 2.99. The molecule has 0 saturated carbocycles. The van der Waals surface area contributed by atoms with E-state index in [1.165, 1.54) is 12.8 Å². The third kappa shape index (κ3) is 7.10. The van der Waals surface area contributed by atoms with E-state index in [4.69, 9.17) is 14.6 Å². The lowest BCUT2D eigenvalue weighted by Crippen LogP contribution is -2.41. The summed E-state index contributed by atoms with van der Waals surface area (Å²) in [6.07, 6.45) is 9.05. The van der Waals surface area contributed by atoms with Crippen molar-refractivity contribution in [2.75, 3.05) is 19.8 Å². The molecule has 0 amide bonds. The van der Waals surface area contributed by atoms with Crippen LogP contribution >= 0.6 is 0 Å². The monoisotopic (exact) mass is 314 g/mol. The molecule has 4 nitrogen and oxygen atoms in total. The van der Waals surface area contributed by atoms with E-state index < -0.39 is 5.60 Å². The molecule has 0 spiro atoms. The molecule has 1 N–H and O–H groups in total. The van der Waals surface area contributed by atoms with Gasteiger partial charge in [-0.1, -0.05) is 32.1 Å². The van der Waals surface area contributed by atoms with Crippen LogP contribution in [0, 0.1) is 5.41 Å². The molecule has 0 unspecified atom stereocenters. The standard InChI is InChI=1S/C18H34O4/c1-17(2,3)22-16(20)18(11-14-21-15-12-18)10-8-6-4-5-7-9-13-19/h19H,4-15H2,1-3H3. The lowest BCUT2D eigenvalue weighted by atomic mass is 9.75.